The average Bonchev–Trinajstić information content (AvgIpc) is 2.68. The molecule has 0 aliphatic carbocycles. The summed E-state index contributed by atoms with van der Waals surface area (Å²) in [6.45, 7) is 2.19. The standard InChI is InChI=1S/C17H18N4O4/c1-24-17(23)12-3-2-4-13(9-12)20-15-11-18-14(10-19-15)16(22)21-5-7-25-8-6-21/h2-4,9-11H,5-8H2,1H3,(H,19,20). The highest BCUT2D eigenvalue weighted by atomic mass is 16.5. The van der Waals surface area contributed by atoms with Gasteiger partial charge in [0.15, 0.2) is 0 Å². The van der Waals surface area contributed by atoms with Crippen LogP contribution in [0, 0.1) is 0 Å². The molecule has 25 heavy (non-hydrogen) atoms. The molecule has 1 aliphatic heterocycles. The molecule has 1 amide bonds. The molecule has 130 valence electrons. The number of methoxy groups -OCH3 is 1. The number of carbonyl (C=O) groups is 2. The molecule has 1 N–H and O–H groups in total. The normalized spacial score (nSPS) is 14.0. The SMILES string of the molecule is COC(=O)c1cccc(Nc2cnc(C(=O)N3CCOCC3)cn2)c1. The Kier molecular flexibility index (Phi) is 5.20. The van der Waals surface area contributed by atoms with Crippen molar-refractivity contribution in [3.05, 3.63) is 47.9 Å². The van der Waals surface area contributed by atoms with E-state index in [1.165, 1.54) is 19.5 Å². The Hall–Kier alpha value is -3.00. The van der Waals surface area contributed by atoms with Crippen molar-refractivity contribution in [3.8, 4) is 0 Å². The first-order valence-corrected chi connectivity index (χ1v) is 7.82. The Balaban J connectivity index is 1.68. The quantitative estimate of drug-likeness (QED) is 0.841. The summed E-state index contributed by atoms with van der Waals surface area (Å²) < 4.78 is 9.93. The molecule has 0 spiro atoms. The summed E-state index contributed by atoms with van der Waals surface area (Å²) in [5, 5.41) is 3.04. The Morgan fingerprint density at radius 2 is 2.00 bits per heavy atom. The van der Waals surface area contributed by atoms with E-state index in [4.69, 9.17) is 9.47 Å². The van der Waals surface area contributed by atoms with E-state index < -0.39 is 5.97 Å². The molecule has 0 bridgehead atoms. The number of rotatable bonds is 4. The van der Waals surface area contributed by atoms with E-state index in [1.807, 2.05) is 0 Å². The van der Waals surface area contributed by atoms with Gasteiger partial charge in [0.2, 0.25) is 0 Å². The van der Waals surface area contributed by atoms with Gasteiger partial charge in [0.25, 0.3) is 5.91 Å². The average molecular weight is 342 g/mol. The highest BCUT2D eigenvalue weighted by molar-refractivity contribution is 5.92. The molecule has 0 unspecified atom stereocenters. The fourth-order valence-corrected chi connectivity index (χ4v) is 2.42. The second kappa shape index (κ2) is 7.71. The molecule has 1 fully saturated rings. The number of aromatic nitrogens is 2. The number of nitrogens with zero attached hydrogens (tertiary/aromatic N) is 3. The molecule has 1 aliphatic rings. The van der Waals surface area contributed by atoms with Gasteiger partial charge in [-0.1, -0.05) is 6.07 Å². The number of esters is 1. The van der Waals surface area contributed by atoms with Gasteiger partial charge in [-0.15, -0.1) is 0 Å². The fourth-order valence-electron chi connectivity index (χ4n) is 2.42. The molecule has 2 heterocycles. The van der Waals surface area contributed by atoms with Gasteiger partial charge in [-0.2, -0.15) is 0 Å². The molecule has 2 aromatic rings. The van der Waals surface area contributed by atoms with E-state index in [-0.39, 0.29) is 11.6 Å². The number of hydrogen-bond donors (Lipinski definition) is 1. The number of carbonyl (C=O) groups excluding carboxylic acids is 2. The van der Waals surface area contributed by atoms with E-state index in [0.29, 0.717) is 43.4 Å². The first-order valence-electron chi connectivity index (χ1n) is 7.82. The first-order chi connectivity index (χ1) is 12.2. The van der Waals surface area contributed by atoms with Crippen molar-refractivity contribution in [1.29, 1.82) is 0 Å². The topological polar surface area (TPSA) is 93.6 Å². The van der Waals surface area contributed by atoms with Gasteiger partial charge < -0.3 is 19.7 Å². The van der Waals surface area contributed by atoms with Gasteiger partial charge in [0.05, 0.1) is 38.3 Å². The summed E-state index contributed by atoms with van der Waals surface area (Å²) >= 11 is 0. The summed E-state index contributed by atoms with van der Waals surface area (Å²) in [4.78, 5) is 34.0. The Morgan fingerprint density at radius 1 is 1.20 bits per heavy atom. The zero-order valence-corrected chi connectivity index (χ0v) is 13.8. The van der Waals surface area contributed by atoms with Crippen LogP contribution in [0.1, 0.15) is 20.8 Å². The predicted molar refractivity (Wildman–Crippen MR) is 89.8 cm³/mol. The lowest BCUT2D eigenvalue weighted by Crippen LogP contribution is -2.41. The minimum atomic E-state index is -0.416. The lowest BCUT2D eigenvalue weighted by Gasteiger charge is -2.26. The van der Waals surface area contributed by atoms with Crippen molar-refractivity contribution in [2.75, 3.05) is 38.7 Å². The van der Waals surface area contributed by atoms with Crippen molar-refractivity contribution < 1.29 is 19.1 Å². The highest BCUT2D eigenvalue weighted by Crippen LogP contribution is 2.16. The van der Waals surface area contributed by atoms with Gasteiger partial charge in [-0.05, 0) is 18.2 Å². The molecule has 0 saturated carbocycles. The number of ether oxygens (including phenoxy) is 2. The van der Waals surface area contributed by atoms with Crippen LogP contribution in [-0.2, 0) is 9.47 Å². The van der Waals surface area contributed by atoms with E-state index in [9.17, 15) is 9.59 Å². The highest BCUT2D eigenvalue weighted by Gasteiger charge is 2.19. The molecule has 1 aromatic heterocycles. The second-order valence-electron chi connectivity index (χ2n) is 5.39. The molecule has 8 heteroatoms. The molecular formula is C17H18N4O4. The number of amides is 1. The molecule has 8 nitrogen and oxygen atoms in total. The van der Waals surface area contributed by atoms with Crippen LogP contribution in [-0.4, -0.2) is 60.2 Å². The van der Waals surface area contributed by atoms with Gasteiger partial charge in [0, 0.05) is 18.8 Å². The Morgan fingerprint density at radius 3 is 2.68 bits per heavy atom. The van der Waals surface area contributed by atoms with Crippen molar-refractivity contribution in [1.82, 2.24) is 14.9 Å². The van der Waals surface area contributed by atoms with Gasteiger partial charge in [-0.3, -0.25) is 4.79 Å². The smallest absolute Gasteiger partial charge is 0.337 e. The van der Waals surface area contributed by atoms with Crippen LogP contribution in [0.3, 0.4) is 0 Å². The maximum atomic E-state index is 12.3. The van der Waals surface area contributed by atoms with E-state index >= 15 is 0 Å². The number of morpholine rings is 1. The minimum Gasteiger partial charge on any atom is -0.465 e. The molecule has 3 rings (SSSR count). The third-order valence-electron chi connectivity index (χ3n) is 3.73. The summed E-state index contributed by atoms with van der Waals surface area (Å²) in [6, 6.07) is 6.84. The fraction of sp³-hybridized carbons (Fsp3) is 0.294. The third-order valence-corrected chi connectivity index (χ3v) is 3.73. The predicted octanol–water partition coefficient (Wildman–Crippen LogP) is 1.48. The number of hydrogen-bond acceptors (Lipinski definition) is 7. The van der Waals surface area contributed by atoms with Crippen LogP contribution >= 0.6 is 0 Å². The number of anilines is 2. The lowest BCUT2D eigenvalue weighted by molar-refractivity contribution is 0.0298. The summed E-state index contributed by atoms with van der Waals surface area (Å²) in [6.07, 6.45) is 2.92. The molecule has 0 atom stereocenters. The van der Waals surface area contributed by atoms with E-state index in [0.717, 1.165) is 0 Å². The lowest BCUT2D eigenvalue weighted by atomic mass is 10.2. The van der Waals surface area contributed by atoms with Crippen LogP contribution in [0.5, 0.6) is 0 Å². The summed E-state index contributed by atoms with van der Waals surface area (Å²) in [5.41, 5.74) is 1.39. The number of nitrogens with one attached hydrogen (secondary N) is 1. The molecule has 0 radical (unpaired) electrons. The maximum absolute atomic E-state index is 12.3. The van der Waals surface area contributed by atoms with Crippen molar-refractivity contribution >= 4 is 23.4 Å². The zero-order valence-electron chi connectivity index (χ0n) is 13.8. The summed E-state index contributed by atoms with van der Waals surface area (Å²) in [7, 11) is 1.33. The first kappa shape index (κ1) is 16.8. The Bertz CT molecular complexity index is 757. The second-order valence-corrected chi connectivity index (χ2v) is 5.39. The maximum Gasteiger partial charge on any atom is 0.337 e. The van der Waals surface area contributed by atoms with Crippen molar-refractivity contribution in [3.63, 3.8) is 0 Å². The van der Waals surface area contributed by atoms with Crippen molar-refractivity contribution in [2.45, 2.75) is 0 Å². The van der Waals surface area contributed by atoms with Gasteiger partial charge in [-0.25, -0.2) is 14.8 Å². The largest absolute Gasteiger partial charge is 0.465 e. The van der Waals surface area contributed by atoms with Gasteiger partial charge >= 0.3 is 5.97 Å². The van der Waals surface area contributed by atoms with Crippen molar-refractivity contribution in [2.24, 2.45) is 0 Å². The molecule has 1 aromatic carbocycles. The van der Waals surface area contributed by atoms with Crippen LogP contribution in [0.15, 0.2) is 36.7 Å². The monoisotopic (exact) mass is 342 g/mol. The number of benzene rings is 1. The van der Waals surface area contributed by atoms with Crippen LogP contribution in [0.25, 0.3) is 0 Å². The molecule has 1 saturated heterocycles. The van der Waals surface area contributed by atoms with Gasteiger partial charge in [0.1, 0.15) is 11.5 Å². The summed E-state index contributed by atoms with van der Waals surface area (Å²) in [5.74, 6) is -0.100. The van der Waals surface area contributed by atoms with Crippen LogP contribution in [0.4, 0.5) is 11.5 Å². The van der Waals surface area contributed by atoms with Crippen LogP contribution < -0.4 is 5.32 Å². The zero-order chi connectivity index (χ0) is 17.6. The van der Waals surface area contributed by atoms with E-state index in [2.05, 4.69) is 15.3 Å². The molecular weight excluding hydrogens is 324 g/mol. The van der Waals surface area contributed by atoms with Crippen LogP contribution in [0.2, 0.25) is 0 Å². The third kappa shape index (κ3) is 4.10. The van der Waals surface area contributed by atoms with E-state index in [1.54, 1.807) is 29.2 Å². The minimum absolute atomic E-state index is 0.157. The Labute approximate surface area is 144 Å².